The summed E-state index contributed by atoms with van der Waals surface area (Å²) in [6.45, 7) is 4.50. The van der Waals surface area contributed by atoms with Crippen LogP contribution in [0.15, 0.2) is 16.9 Å². The van der Waals surface area contributed by atoms with Crippen molar-refractivity contribution in [1.29, 1.82) is 0 Å². The third-order valence-electron chi connectivity index (χ3n) is 1.87. The number of hydrogen-bond donors (Lipinski definition) is 1. The Morgan fingerprint density at radius 2 is 2.36 bits per heavy atom. The smallest absolute Gasteiger partial charge is 0.217 e. The highest BCUT2D eigenvalue weighted by molar-refractivity contribution is 9.10. The monoisotopic (exact) mass is 259 g/mol. The van der Waals surface area contributed by atoms with Crippen molar-refractivity contribution < 1.29 is 5.11 Å². The van der Waals surface area contributed by atoms with Gasteiger partial charge in [-0.05, 0) is 29.3 Å². The fourth-order valence-corrected chi connectivity index (χ4v) is 1.47. The standard InChI is InChI=1S/C9H14BrN3O/c1-3-5-6-13-8(7(14)4-2)11-9(10)12-13/h3,5,7,14H,4,6H2,1-2H3/b5-3-/t7-/m1/s1. The maximum absolute atomic E-state index is 9.65. The third-order valence-corrected chi connectivity index (χ3v) is 2.21. The minimum absolute atomic E-state index is 0.518. The molecular weight excluding hydrogens is 246 g/mol. The minimum Gasteiger partial charge on any atom is -0.385 e. The topological polar surface area (TPSA) is 50.9 Å². The van der Waals surface area contributed by atoms with Gasteiger partial charge in [0, 0.05) is 0 Å². The Bertz CT molecular complexity index is 322. The van der Waals surface area contributed by atoms with E-state index in [1.54, 1.807) is 4.68 Å². The molecule has 4 nitrogen and oxygen atoms in total. The second kappa shape index (κ2) is 5.26. The van der Waals surface area contributed by atoms with Crippen LogP contribution in [-0.2, 0) is 6.54 Å². The molecule has 1 N–H and O–H groups in total. The summed E-state index contributed by atoms with van der Waals surface area (Å²) < 4.78 is 2.21. The van der Waals surface area contributed by atoms with E-state index in [1.165, 1.54) is 0 Å². The average Bonchev–Trinajstić information content (AvgIpc) is 2.55. The van der Waals surface area contributed by atoms with Gasteiger partial charge in [-0.25, -0.2) is 9.67 Å². The molecule has 14 heavy (non-hydrogen) atoms. The van der Waals surface area contributed by atoms with Crippen molar-refractivity contribution in [3.05, 3.63) is 22.7 Å². The van der Waals surface area contributed by atoms with Crippen LogP contribution in [0.1, 0.15) is 32.2 Å². The lowest BCUT2D eigenvalue weighted by Crippen LogP contribution is -2.08. The molecule has 0 saturated heterocycles. The van der Waals surface area contributed by atoms with Gasteiger partial charge < -0.3 is 5.11 Å². The first-order chi connectivity index (χ1) is 6.69. The molecule has 0 aliphatic heterocycles. The van der Waals surface area contributed by atoms with Crippen molar-refractivity contribution in [3.8, 4) is 0 Å². The van der Waals surface area contributed by atoms with Crippen molar-refractivity contribution in [2.45, 2.75) is 32.9 Å². The summed E-state index contributed by atoms with van der Waals surface area (Å²) >= 11 is 3.19. The third kappa shape index (κ3) is 2.65. The van der Waals surface area contributed by atoms with E-state index in [0.717, 1.165) is 0 Å². The molecule has 1 atom stereocenters. The molecule has 0 aliphatic carbocycles. The summed E-state index contributed by atoms with van der Waals surface area (Å²) in [5.41, 5.74) is 0. The molecule has 0 fully saturated rings. The maximum Gasteiger partial charge on any atom is 0.217 e. The Hall–Kier alpha value is -0.680. The number of halogens is 1. The number of aliphatic hydroxyl groups is 1. The molecule has 1 aromatic rings. The van der Waals surface area contributed by atoms with Gasteiger partial charge in [0.1, 0.15) is 6.10 Å². The number of hydrogen-bond acceptors (Lipinski definition) is 3. The zero-order valence-corrected chi connectivity index (χ0v) is 9.90. The van der Waals surface area contributed by atoms with Crippen LogP contribution in [0.5, 0.6) is 0 Å². The molecule has 1 heterocycles. The summed E-state index contributed by atoms with van der Waals surface area (Å²) in [4.78, 5) is 4.12. The Labute approximate surface area is 91.8 Å². The van der Waals surface area contributed by atoms with E-state index in [1.807, 2.05) is 26.0 Å². The van der Waals surface area contributed by atoms with E-state index >= 15 is 0 Å². The molecule has 0 amide bonds. The molecule has 1 rings (SSSR count). The lowest BCUT2D eigenvalue weighted by molar-refractivity contribution is 0.158. The Morgan fingerprint density at radius 1 is 1.64 bits per heavy atom. The predicted octanol–water partition coefficient (Wildman–Crippen LogP) is 2.06. The zero-order valence-electron chi connectivity index (χ0n) is 8.31. The molecule has 0 radical (unpaired) electrons. The summed E-state index contributed by atoms with van der Waals surface area (Å²) in [6.07, 6.45) is 4.00. The first kappa shape index (κ1) is 11.4. The van der Waals surface area contributed by atoms with Gasteiger partial charge in [-0.1, -0.05) is 19.1 Å². The fourth-order valence-electron chi connectivity index (χ4n) is 1.09. The fraction of sp³-hybridized carbons (Fsp3) is 0.556. The van der Waals surface area contributed by atoms with Crippen LogP contribution in [0.25, 0.3) is 0 Å². The summed E-state index contributed by atoms with van der Waals surface area (Å²) in [7, 11) is 0. The van der Waals surface area contributed by atoms with Gasteiger partial charge in [0.2, 0.25) is 4.73 Å². The molecule has 0 aliphatic rings. The molecule has 0 unspecified atom stereocenters. The highest BCUT2D eigenvalue weighted by Gasteiger charge is 2.14. The number of aliphatic hydroxyl groups excluding tert-OH is 1. The SMILES string of the molecule is C/C=C\Cn1nc(Br)nc1[C@H](O)CC. The number of aromatic nitrogens is 3. The quantitative estimate of drug-likeness (QED) is 0.843. The first-order valence-electron chi connectivity index (χ1n) is 4.58. The van der Waals surface area contributed by atoms with Crippen LogP contribution in [-0.4, -0.2) is 19.9 Å². The molecule has 5 heteroatoms. The van der Waals surface area contributed by atoms with Crippen molar-refractivity contribution in [2.24, 2.45) is 0 Å². The van der Waals surface area contributed by atoms with Crippen LogP contribution in [0.4, 0.5) is 0 Å². The maximum atomic E-state index is 9.65. The normalized spacial score (nSPS) is 13.7. The molecule has 0 saturated carbocycles. The van der Waals surface area contributed by atoms with E-state index in [0.29, 0.717) is 23.5 Å². The Balaban J connectivity index is 2.90. The second-order valence-electron chi connectivity index (χ2n) is 2.91. The Morgan fingerprint density at radius 3 is 2.93 bits per heavy atom. The van der Waals surface area contributed by atoms with E-state index in [4.69, 9.17) is 0 Å². The van der Waals surface area contributed by atoms with E-state index in [-0.39, 0.29) is 0 Å². The van der Waals surface area contributed by atoms with Crippen molar-refractivity contribution >= 4 is 15.9 Å². The lowest BCUT2D eigenvalue weighted by Gasteiger charge is -2.07. The van der Waals surface area contributed by atoms with Crippen LogP contribution in [0, 0.1) is 0 Å². The molecule has 0 spiro atoms. The minimum atomic E-state index is -0.543. The molecule has 1 aromatic heterocycles. The van der Waals surface area contributed by atoms with Crippen LogP contribution in [0.3, 0.4) is 0 Å². The van der Waals surface area contributed by atoms with E-state index < -0.39 is 6.10 Å². The summed E-state index contributed by atoms with van der Waals surface area (Å²) in [5.74, 6) is 0.609. The molecular formula is C9H14BrN3O. The summed E-state index contributed by atoms with van der Waals surface area (Å²) in [6, 6.07) is 0. The highest BCUT2D eigenvalue weighted by atomic mass is 79.9. The van der Waals surface area contributed by atoms with E-state index in [2.05, 4.69) is 26.0 Å². The zero-order chi connectivity index (χ0) is 10.6. The molecule has 78 valence electrons. The van der Waals surface area contributed by atoms with Gasteiger partial charge in [0.05, 0.1) is 6.54 Å². The Kier molecular flexibility index (Phi) is 4.28. The van der Waals surface area contributed by atoms with Gasteiger partial charge >= 0.3 is 0 Å². The second-order valence-corrected chi connectivity index (χ2v) is 3.62. The van der Waals surface area contributed by atoms with Crippen molar-refractivity contribution in [1.82, 2.24) is 14.8 Å². The van der Waals surface area contributed by atoms with Crippen LogP contribution in [0.2, 0.25) is 0 Å². The van der Waals surface area contributed by atoms with Gasteiger partial charge in [0.25, 0.3) is 0 Å². The molecule has 0 aromatic carbocycles. The predicted molar refractivity (Wildman–Crippen MR) is 57.8 cm³/mol. The first-order valence-corrected chi connectivity index (χ1v) is 5.37. The summed E-state index contributed by atoms with van der Waals surface area (Å²) in [5, 5.41) is 13.8. The lowest BCUT2D eigenvalue weighted by atomic mass is 10.2. The average molecular weight is 260 g/mol. The van der Waals surface area contributed by atoms with Crippen molar-refractivity contribution in [2.75, 3.05) is 0 Å². The van der Waals surface area contributed by atoms with Gasteiger partial charge in [-0.3, -0.25) is 0 Å². The van der Waals surface area contributed by atoms with Crippen LogP contribution >= 0.6 is 15.9 Å². The van der Waals surface area contributed by atoms with Gasteiger partial charge in [-0.15, -0.1) is 5.10 Å². The van der Waals surface area contributed by atoms with Gasteiger partial charge in [-0.2, -0.15) is 0 Å². The number of rotatable bonds is 4. The van der Waals surface area contributed by atoms with Crippen LogP contribution < -0.4 is 0 Å². The van der Waals surface area contributed by atoms with Gasteiger partial charge in [0.15, 0.2) is 5.82 Å². The van der Waals surface area contributed by atoms with E-state index in [9.17, 15) is 5.11 Å². The largest absolute Gasteiger partial charge is 0.385 e. The highest BCUT2D eigenvalue weighted by Crippen LogP contribution is 2.16. The number of allylic oxidation sites excluding steroid dienone is 2. The number of nitrogens with zero attached hydrogens (tertiary/aromatic N) is 3. The van der Waals surface area contributed by atoms with Crippen molar-refractivity contribution in [3.63, 3.8) is 0 Å². The molecule has 0 bridgehead atoms.